The van der Waals surface area contributed by atoms with E-state index in [1.807, 2.05) is 31.2 Å². The number of halogens is 1. The van der Waals surface area contributed by atoms with Crippen LogP contribution in [0.5, 0.6) is 11.5 Å². The second-order valence-corrected chi connectivity index (χ2v) is 7.49. The summed E-state index contributed by atoms with van der Waals surface area (Å²) in [5.74, 6) is 0.464. The molecular formula is C24H20ClN5O2. The minimum atomic E-state index is -0.0554. The lowest BCUT2D eigenvalue weighted by Gasteiger charge is -2.16. The molecule has 2 aromatic heterocycles. The summed E-state index contributed by atoms with van der Waals surface area (Å²) in [6, 6.07) is 16.2. The lowest BCUT2D eigenvalue weighted by molar-refractivity contribution is 0.301. The number of anilines is 3. The van der Waals surface area contributed by atoms with Crippen LogP contribution in [0.25, 0.3) is 10.9 Å². The average molecular weight is 446 g/mol. The number of nitrogens with one attached hydrogen (secondary N) is 1. The smallest absolute Gasteiger partial charge is 0.140 e. The Morgan fingerprint density at radius 2 is 2.06 bits per heavy atom. The number of phenolic OH excluding ortho intramolecular Hbond substituents is 1. The van der Waals surface area contributed by atoms with Gasteiger partial charge in [0.2, 0.25) is 0 Å². The fourth-order valence-corrected chi connectivity index (χ4v) is 3.58. The second-order valence-electron chi connectivity index (χ2n) is 7.08. The van der Waals surface area contributed by atoms with Gasteiger partial charge in [0.05, 0.1) is 38.9 Å². The summed E-state index contributed by atoms with van der Waals surface area (Å²) >= 11 is 6.44. The number of pyridine rings is 2. The molecule has 0 aliphatic heterocycles. The zero-order valence-corrected chi connectivity index (χ0v) is 18.0. The van der Waals surface area contributed by atoms with E-state index in [1.54, 1.807) is 24.4 Å². The van der Waals surface area contributed by atoms with E-state index in [-0.39, 0.29) is 11.4 Å². The van der Waals surface area contributed by atoms with Crippen molar-refractivity contribution in [3.8, 4) is 17.6 Å². The Labute approximate surface area is 190 Å². The van der Waals surface area contributed by atoms with Gasteiger partial charge < -0.3 is 20.9 Å². The normalized spacial score (nSPS) is 10.7. The number of fused-ring (bicyclic) bond motifs is 1. The van der Waals surface area contributed by atoms with Crippen LogP contribution in [-0.4, -0.2) is 15.1 Å². The van der Waals surface area contributed by atoms with E-state index in [2.05, 4.69) is 21.4 Å². The third kappa shape index (κ3) is 4.22. The van der Waals surface area contributed by atoms with Crippen LogP contribution in [0, 0.1) is 11.3 Å². The third-order valence-electron chi connectivity index (χ3n) is 4.96. The summed E-state index contributed by atoms with van der Waals surface area (Å²) in [4.78, 5) is 8.75. The fourth-order valence-electron chi connectivity index (χ4n) is 3.35. The number of aromatic nitrogens is 2. The van der Waals surface area contributed by atoms with Crippen LogP contribution in [0.1, 0.15) is 23.9 Å². The third-order valence-corrected chi connectivity index (χ3v) is 5.25. The molecule has 32 heavy (non-hydrogen) atoms. The number of rotatable bonds is 6. The second kappa shape index (κ2) is 9.00. The lowest BCUT2D eigenvalue weighted by atomic mass is 10.0. The van der Waals surface area contributed by atoms with Crippen molar-refractivity contribution in [2.24, 2.45) is 0 Å². The maximum atomic E-state index is 10.0. The molecule has 4 rings (SSSR count). The van der Waals surface area contributed by atoms with E-state index in [0.29, 0.717) is 57.3 Å². The number of nitriles is 1. The molecule has 0 radical (unpaired) electrons. The van der Waals surface area contributed by atoms with Gasteiger partial charge >= 0.3 is 0 Å². The van der Waals surface area contributed by atoms with Crippen molar-refractivity contribution in [1.82, 2.24) is 9.97 Å². The minimum absolute atomic E-state index is 0.0554. The highest BCUT2D eigenvalue weighted by atomic mass is 35.5. The molecule has 160 valence electrons. The summed E-state index contributed by atoms with van der Waals surface area (Å²) in [6.07, 6.45) is 2.26. The van der Waals surface area contributed by atoms with Crippen LogP contribution < -0.4 is 15.8 Å². The number of nitrogens with zero attached hydrogens (tertiary/aromatic N) is 3. The Morgan fingerprint density at radius 3 is 2.75 bits per heavy atom. The predicted molar refractivity (Wildman–Crippen MR) is 125 cm³/mol. The van der Waals surface area contributed by atoms with Gasteiger partial charge in [0, 0.05) is 23.3 Å². The van der Waals surface area contributed by atoms with E-state index in [4.69, 9.17) is 22.1 Å². The Hall–Kier alpha value is -4.02. The van der Waals surface area contributed by atoms with Gasteiger partial charge in [-0.1, -0.05) is 24.6 Å². The molecule has 2 aromatic carbocycles. The molecule has 0 saturated heterocycles. The van der Waals surface area contributed by atoms with Crippen LogP contribution in [0.15, 0.2) is 54.7 Å². The molecule has 0 saturated carbocycles. The van der Waals surface area contributed by atoms with E-state index < -0.39 is 0 Å². The zero-order valence-electron chi connectivity index (χ0n) is 17.3. The van der Waals surface area contributed by atoms with Gasteiger partial charge in [-0.15, -0.1) is 0 Å². The van der Waals surface area contributed by atoms with E-state index in [1.165, 1.54) is 6.07 Å². The van der Waals surface area contributed by atoms with Crippen molar-refractivity contribution in [3.05, 3.63) is 76.7 Å². The molecule has 4 N–H and O–H groups in total. The molecule has 0 bridgehead atoms. The number of phenols is 1. The number of aryl methyl sites for hydroxylation is 1. The van der Waals surface area contributed by atoms with Gasteiger partial charge in [-0.05, 0) is 42.8 Å². The predicted octanol–water partition coefficient (Wildman–Crippen LogP) is 5.33. The largest absolute Gasteiger partial charge is 0.506 e. The summed E-state index contributed by atoms with van der Waals surface area (Å²) in [5, 5.41) is 24.1. The van der Waals surface area contributed by atoms with Gasteiger partial charge in [-0.25, -0.2) is 0 Å². The fraction of sp³-hybridized carbons (Fsp3) is 0.125. The van der Waals surface area contributed by atoms with Crippen molar-refractivity contribution < 1.29 is 9.84 Å². The summed E-state index contributed by atoms with van der Waals surface area (Å²) in [6.45, 7) is 2.21. The van der Waals surface area contributed by atoms with Gasteiger partial charge in [0.25, 0.3) is 0 Å². The number of nitrogens with two attached hydrogens (primary N) is 1. The monoisotopic (exact) mass is 445 g/mol. The molecule has 0 amide bonds. The Morgan fingerprint density at radius 1 is 1.22 bits per heavy atom. The number of hydrogen-bond acceptors (Lipinski definition) is 7. The molecule has 0 atom stereocenters. The molecule has 7 nitrogen and oxygen atoms in total. The topological polar surface area (TPSA) is 117 Å². The van der Waals surface area contributed by atoms with Crippen molar-refractivity contribution in [1.29, 1.82) is 5.26 Å². The maximum absolute atomic E-state index is 10.0. The average Bonchev–Trinajstić information content (AvgIpc) is 2.80. The Kier molecular flexibility index (Phi) is 5.97. The highest BCUT2D eigenvalue weighted by molar-refractivity contribution is 6.32. The highest BCUT2D eigenvalue weighted by Crippen LogP contribution is 2.37. The minimum Gasteiger partial charge on any atom is -0.506 e. The van der Waals surface area contributed by atoms with Crippen LogP contribution in [0.2, 0.25) is 5.02 Å². The Bertz CT molecular complexity index is 1340. The standard InChI is InChI=1S/C24H20ClN5O2/c1-2-20-17(12-26)24(16-10-19(27)22(31)11-21(16)30-20)29-14-6-7-23(18(25)9-14)32-13-15-5-3-4-8-28-15/h3-11,31H,2,13,27H2,1H3,(H,29,30). The zero-order chi connectivity index (χ0) is 22.7. The first-order valence-electron chi connectivity index (χ1n) is 9.94. The molecule has 0 fully saturated rings. The number of ether oxygens (including phenoxy) is 1. The first-order valence-corrected chi connectivity index (χ1v) is 10.3. The molecule has 2 heterocycles. The molecule has 0 aliphatic rings. The molecule has 4 aromatic rings. The maximum Gasteiger partial charge on any atom is 0.140 e. The van der Waals surface area contributed by atoms with Gasteiger partial charge in [-0.3, -0.25) is 9.97 Å². The molecular weight excluding hydrogens is 426 g/mol. The number of hydrogen-bond donors (Lipinski definition) is 3. The first kappa shape index (κ1) is 21.2. The van der Waals surface area contributed by atoms with E-state index in [9.17, 15) is 10.4 Å². The van der Waals surface area contributed by atoms with Gasteiger partial charge in [0.1, 0.15) is 24.2 Å². The SMILES string of the molecule is CCc1nc2cc(O)c(N)cc2c(Nc2ccc(OCc3ccccn3)c(Cl)c2)c1C#N. The van der Waals surface area contributed by atoms with Gasteiger partial charge in [0.15, 0.2) is 0 Å². The van der Waals surface area contributed by atoms with Crippen molar-refractivity contribution in [2.75, 3.05) is 11.1 Å². The molecule has 0 spiro atoms. The van der Waals surface area contributed by atoms with Crippen LogP contribution in [0.3, 0.4) is 0 Å². The van der Waals surface area contributed by atoms with E-state index >= 15 is 0 Å². The Balaban J connectivity index is 1.69. The van der Waals surface area contributed by atoms with Crippen LogP contribution >= 0.6 is 11.6 Å². The number of nitrogen functional groups attached to an aromatic ring is 1. The molecule has 8 heteroatoms. The molecule has 0 aliphatic carbocycles. The summed E-state index contributed by atoms with van der Waals surface area (Å²) in [5.41, 5.74) is 9.69. The number of benzene rings is 2. The quantitative estimate of drug-likeness (QED) is 0.271. The lowest BCUT2D eigenvalue weighted by Crippen LogP contribution is -2.03. The summed E-state index contributed by atoms with van der Waals surface area (Å²) in [7, 11) is 0. The number of aromatic hydroxyl groups is 1. The highest BCUT2D eigenvalue weighted by Gasteiger charge is 2.17. The summed E-state index contributed by atoms with van der Waals surface area (Å²) < 4.78 is 5.78. The van der Waals surface area contributed by atoms with E-state index in [0.717, 1.165) is 5.69 Å². The van der Waals surface area contributed by atoms with Crippen molar-refractivity contribution >= 4 is 39.6 Å². The van der Waals surface area contributed by atoms with Crippen LogP contribution in [-0.2, 0) is 13.0 Å². The van der Waals surface area contributed by atoms with Crippen molar-refractivity contribution in [2.45, 2.75) is 20.0 Å². The molecule has 0 unspecified atom stereocenters. The van der Waals surface area contributed by atoms with Crippen LogP contribution in [0.4, 0.5) is 17.1 Å². The van der Waals surface area contributed by atoms with Gasteiger partial charge in [-0.2, -0.15) is 5.26 Å². The van der Waals surface area contributed by atoms with Crippen molar-refractivity contribution in [3.63, 3.8) is 0 Å². The first-order chi connectivity index (χ1) is 15.5.